The predicted molar refractivity (Wildman–Crippen MR) is 94.1 cm³/mol. The van der Waals surface area contributed by atoms with Crippen molar-refractivity contribution in [2.24, 2.45) is 0 Å². The largest absolute Gasteiger partial charge is 0.304 e. The lowest BCUT2D eigenvalue weighted by Gasteiger charge is -2.17. The van der Waals surface area contributed by atoms with Gasteiger partial charge in [-0.05, 0) is 18.4 Å². The first-order valence-corrected chi connectivity index (χ1v) is 8.57. The fraction of sp³-hybridized carbons (Fsp3) is 0.333. The Morgan fingerprint density at radius 3 is 2.63 bits per heavy atom. The Labute approximate surface area is 152 Å². The standard InChI is InChI=1S/C18H17F2N5O2/c1-18(19,20)17-22-15-13(10-21-24(15)12-7-8-12)16(27)25(17)23-14(26)9-11-5-3-2-4-6-11/h2-6,10,12H,7-9H2,1H3,(H,23,26). The normalized spacial score (nSPS) is 14.5. The van der Waals surface area contributed by atoms with Gasteiger partial charge in [0.1, 0.15) is 5.39 Å². The second-order valence-corrected chi connectivity index (χ2v) is 6.72. The molecular weight excluding hydrogens is 356 g/mol. The van der Waals surface area contributed by atoms with Gasteiger partial charge in [0, 0.05) is 6.92 Å². The van der Waals surface area contributed by atoms with Crippen molar-refractivity contribution in [1.82, 2.24) is 19.4 Å². The number of hydrogen-bond donors (Lipinski definition) is 1. The number of fused-ring (bicyclic) bond motifs is 1. The van der Waals surface area contributed by atoms with Crippen molar-refractivity contribution in [2.75, 3.05) is 5.43 Å². The van der Waals surface area contributed by atoms with Crippen LogP contribution in [-0.2, 0) is 17.1 Å². The molecule has 0 radical (unpaired) electrons. The SMILES string of the molecule is CC(F)(F)c1nc2c(cnn2C2CC2)c(=O)n1NC(=O)Cc1ccccc1. The zero-order valence-corrected chi connectivity index (χ0v) is 14.5. The average Bonchev–Trinajstić information content (AvgIpc) is 3.36. The number of benzene rings is 1. The van der Waals surface area contributed by atoms with E-state index in [-0.39, 0.29) is 23.5 Å². The van der Waals surface area contributed by atoms with E-state index in [0.717, 1.165) is 12.8 Å². The molecule has 0 unspecified atom stereocenters. The molecule has 2 heterocycles. The van der Waals surface area contributed by atoms with Crippen LogP contribution in [0.2, 0.25) is 0 Å². The number of nitrogens with one attached hydrogen (secondary N) is 1. The smallest absolute Gasteiger partial charge is 0.273 e. The zero-order valence-electron chi connectivity index (χ0n) is 14.5. The number of carbonyl (C=O) groups excluding carboxylic acids is 1. The van der Waals surface area contributed by atoms with Crippen LogP contribution in [0.4, 0.5) is 8.78 Å². The number of nitrogens with zero attached hydrogens (tertiary/aromatic N) is 4. The van der Waals surface area contributed by atoms with Gasteiger partial charge in [0.05, 0.1) is 18.7 Å². The molecule has 0 atom stereocenters. The van der Waals surface area contributed by atoms with Crippen molar-refractivity contribution >= 4 is 16.9 Å². The van der Waals surface area contributed by atoms with E-state index < -0.39 is 23.2 Å². The molecule has 7 nitrogen and oxygen atoms in total. The molecule has 4 rings (SSSR count). The van der Waals surface area contributed by atoms with E-state index in [1.54, 1.807) is 30.3 Å². The second-order valence-electron chi connectivity index (χ2n) is 6.72. The summed E-state index contributed by atoms with van der Waals surface area (Å²) in [6.45, 7) is 0.637. The van der Waals surface area contributed by atoms with E-state index in [1.165, 1.54) is 10.9 Å². The molecule has 1 N–H and O–H groups in total. The van der Waals surface area contributed by atoms with Crippen molar-refractivity contribution in [3.05, 3.63) is 58.3 Å². The van der Waals surface area contributed by atoms with Gasteiger partial charge in [0.15, 0.2) is 5.65 Å². The third kappa shape index (κ3) is 3.32. The summed E-state index contributed by atoms with van der Waals surface area (Å²) in [7, 11) is 0. The summed E-state index contributed by atoms with van der Waals surface area (Å²) in [5.74, 6) is -4.83. The first-order valence-electron chi connectivity index (χ1n) is 8.57. The Morgan fingerprint density at radius 1 is 1.30 bits per heavy atom. The number of aromatic nitrogens is 4. The number of rotatable bonds is 5. The van der Waals surface area contributed by atoms with Gasteiger partial charge >= 0.3 is 5.92 Å². The number of alkyl halides is 2. The van der Waals surface area contributed by atoms with Crippen LogP contribution in [-0.4, -0.2) is 25.3 Å². The topological polar surface area (TPSA) is 81.8 Å². The van der Waals surface area contributed by atoms with Crippen molar-refractivity contribution in [1.29, 1.82) is 0 Å². The minimum Gasteiger partial charge on any atom is -0.273 e. The van der Waals surface area contributed by atoms with E-state index in [0.29, 0.717) is 17.2 Å². The number of halogens is 2. The Hall–Kier alpha value is -3.10. The molecule has 140 valence electrons. The molecule has 3 aromatic rings. The highest BCUT2D eigenvalue weighted by Crippen LogP contribution is 2.36. The summed E-state index contributed by atoms with van der Waals surface area (Å²) >= 11 is 0. The second kappa shape index (κ2) is 6.26. The molecule has 9 heteroatoms. The van der Waals surface area contributed by atoms with E-state index in [1.807, 2.05) is 0 Å². The van der Waals surface area contributed by atoms with Crippen LogP contribution in [0.3, 0.4) is 0 Å². The molecule has 27 heavy (non-hydrogen) atoms. The first kappa shape index (κ1) is 17.3. The van der Waals surface area contributed by atoms with Crippen LogP contribution < -0.4 is 11.0 Å². The Kier molecular flexibility index (Phi) is 4.01. The highest BCUT2D eigenvalue weighted by molar-refractivity contribution is 5.86. The van der Waals surface area contributed by atoms with Gasteiger partial charge in [-0.25, -0.2) is 9.67 Å². The summed E-state index contributed by atoms with van der Waals surface area (Å²) < 4.78 is 30.3. The molecule has 2 aromatic heterocycles. The predicted octanol–water partition coefficient (Wildman–Crippen LogP) is 2.35. The lowest BCUT2D eigenvalue weighted by molar-refractivity contribution is -0.116. The van der Waals surface area contributed by atoms with E-state index in [2.05, 4.69) is 15.5 Å². The van der Waals surface area contributed by atoms with Gasteiger partial charge in [-0.2, -0.15) is 18.6 Å². The summed E-state index contributed by atoms with van der Waals surface area (Å²) in [5, 5.41) is 4.21. The van der Waals surface area contributed by atoms with Gasteiger partial charge in [-0.1, -0.05) is 30.3 Å². The molecule has 0 aliphatic heterocycles. The molecule has 1 amide bonds. The van der Waals surface area contributed by atoms with E-state index in [4.69, 9.17) is 0 Å². The lowest BCUT2D eigenvalue weighted by Crippen LogP contribution is -2.39. The molecule has 0 spiro atoms. The van der Waals surface area contributed by atoms with Gasteiger partial charge in [-0.3, -0.25) is 15.0 Å². The Bertz CT molecular complexity index is 1070. The molecular formula is C18H17F2N5O2. The summed E-state index contributed by atoms with van der Waals surface area (Å²) in [6, 6.07) is 8.88. The van der Waals surface area contributed by atoms with Gasteiger partial charge < -0.3 is 0 Å². The minimum atomic E-state index is -3.42. The average molecular weight is 373 g/mol. The molecule has 0 saturated heterocycles. The molecule has 1 saturated carbocycles. The van der Waals surface area contributed by atoms with Crippen molar-refractivity contribution in [3.8, 4) is 0 Å². The fourth-order valence-corrected chi connectivity index (χ4v) is 2.92. The van der Waals surface area contributed by atoms with Crippen LogP contribution >= 0.6 is 0 Å². The highest BCUT2D eigenvalue weighted by Gasteiger charge is 2.35. The number of hydrogen-bond acceptors (Lipinski definition) is 4. The highest BCUT2D eigenvalue weighted by atomic mass is 19.3. The maximum absolute atomic E-state index is 14.2. The maximum atomic E-state index is 14.2. The van der Waals surface area contributed by atoms with E-state index >= 15 is 0 Å². The van der Waals surface area contributed by atoms with E-state index in [9.17, 15) is 18.4 Å². The van der Waals surface area contributed by atoms with Crippen LogP contribution in [0.1, 0.15) is 37.2 Å². The van der Waals surface area contributed by atoms with Crippen molar-refractivity contribution < 1.29 is 13.6 Å². The quantitative estimate of drug-likeness (QED) is 0.744. The molecule has 1 aliphatic carbocycles. The minimum absolute atomic E-state index is 0.0542. The van der Waals surface area contributed by atoms with Crippen molar-refractivity contribution in [2.45, 2.75) is 38.2 Å². The van der Waals surface area contributed by atoms with Crippen LogP contribution in [0, 0.1) is 0 Å². The van der Waals surface area contributed by atoms with Crippen LogP contribution in [0.15, 0.2) is 41.3 Å². The van der Waals surface area contributed by atoms with Gasteiger partial charge in [0.2, 0.25) is 11.7 Å². The summed E-state index contributed by atoms with van der Waals surface area (Å²) in [4.78, 5) is 29.1. The zero-order chi connectivity index (χ0) is 19.2. The molecule has 0 bridgehead atoms. The Balaban J connectivity index is 1.75. The lowest BCUT2D eigenvalue weighted by atomic mass is 10.1. The van der Waals surface area contributed by atoms with Gasteiger partial charge in [0.25, 0.3) is 5.56 Å². The summed E-state index contributed by atoms with van der Waals surface area (Å²) in [6.07, 6.45) is 2.99. The third-order valence-corrected chi connectivity index (χ3v) is 4.36. The monoisotopic (exact) mass is 373 g/mol. The summed E-state index contributed by atoms with van der Waals surface area (Å²) in [5.41, 5.74) is 2.31. The third-order valence-electron chi connectivity index (χ3n) is 4.36. The Morgan fingerprint density at radius 2 is 2.00 bits per heavy atom. The van der Waals surface area contributed by atoms with Crippen molar-refractivity contribution in [3.63, 3.8) is 0 Å². The maximum Gasteiger partial charge on any atom is 0.304 e. The molecule has 1 aliphatic rings. The molecule has 1 aromatic carbocycles. The molecule has 1 fully saturated rings. The van der Waals surface area contributed by atoms with Crippen LogP contribution in [0.5, 0.6) is 0 Å². The first-order chi connectivity index (χ1) is 12.8. The number of carbonyl (C=O) groups is 1. The van der Waals surface area contributed by atoms with Gasteiger partial charge in [-0.15, -0.1) is 0 Å². The number of amides is 1. The van der Waals surface area contributed by atoms with Crippen LogP contribution in [0.25, 0.3) is 11.0 Å². The fourth-order valence-electron chi connectivity index (χ4n) is 2.92.